The van der Waals surface area contributed by atoms with E-state index < -0.39 is 0 Å². The van der Waals surface area contributed by atoms with Crippen molar-refractivity contribution in [1.82, 2.24) is 9.55 Å². The van der Waals surface area contributed by atoms with Gasteiger partial charge in [-0.15, -0.1) is 0 Å². The van der Waals surface area contributed by atoms with Crippen LogP contribution in [-0.2, 0) is 5.41 Å². The lowest BCUT2D eigenvalue weighted by Crippen LogP contribution is -2.15. The summed E-state index contributed by atoms with van der Waals surface area (Å²) < 4.78 is 2.38. The van der Waals surface area contributed by atoms with Gasteiger partial charge in [-0.3, -0.25) is 4.98 Å². The largest absolute Gasteiger partial charge is 0.309 e. The Balaban J connectivity index is 0.957. The zero-order valence-corrected chi connectivity index (χ0v) is 29.2. The average molecular weight is 665 g/mol. The topological polar surface area (TPSA) is 17.8 Å². The van der Waals surface area contributed by atoms with Gasteiger partial charge in [0.2, 0.25) is 0 Å². The van der Waals surface area contributed by atoms with Crippen molar-refractivity contribution < 1.29 is 0 Å². The van der Waals surface area contributed by atoms with Crippen molar-refractivity contribution in [3.8, 4) is 61.3 Å². The van der Waals surface area contributed by atoms with Gasteiger partial charge in [0.05, 0.1) is 11.0 Å². The second-order valence-electron chi connectivity index (χ2n) is 14.5. The lowest BCUT2D eigenvalue weighted by Gasteiger charge is -2.22. The van der Waals surface area contributed by atoms with Crippen LogP contribution < -0.4 is 0 Å². The Morgan fingerprint density at radius 2 is 0.942 bits per heavy atom. The molecular weight excluding hydrogens is 629 g/mol. The van der Waals surface area contributed by atoms with Crippen LogP contribution in [0.25, 0.3) is 83.1 Å². The standard InChI is InChI=1S/C50H36N2/c1-50(2)46-27-25-38(30-45(46)42-26-24-39(31-47(42)50)35-20-22-36(23-21-35)40-10-8-28-51-32-40)34-18-16-33(17-19-34)37-9-7-11-41(29-37)52-48-14-5-3-12-43(48)44-13-4-6-15-49(44)52/h3-32H,1-2H3. The number of hydrogen-bond acceptors (Lipinski definition) is 1. The molecule has 1 aliphatic carbocycles. The monoisotopic (exact) mass is 664 g/mol. The van der Waals surface area contributed by atoms with Gasteiger partial charge in [0.15, 0.2) is 0 Å². The molecule has 2 heterocycles. The van der Waals surface area contributed by atoms with E-state index in [1.165, 1.54) is 88.7 Å². The first-order valence-corrected chi connectivity index (χ1v) is 18.0. The Morgan fingerprint density at radius 3 is 1.58 bits per heavy atom. The van der Waals surface area contributed by atoms with Gasteiger partial charge in [0, 0.05) is 34.3 Å². The van der Waals surface area contributed by atoms with Crippen LogP contribution in [0.15, 0.2) is 182 Å². The second-order valence-corrected chi connectivity index (χ2v) is 14.5. The van der Waals surface area contributed by atoms with E-state index in [9.17, 15) is 0 Å². The van der Waals surface area contributed by atoms with E-state index in [-0.39, 0.29) is 5.41 Å². The number of benzene rings is 7. The minimum atomic E-state index is -0.0832. The number of para-hydroxylation sites is 2. The van der Waals surface area contributed by atoms with Gasteiger partial charge in [-0.25, -0.2) is 0 Å². The molecule has 52 heavy (non-hydrogen) atoms. The third kappa shape index (κ3) is 4.83. The molecule has 0 bridgehead atoms. The van der Waals surface area contributed by atoms with E-state index in [0.29, 0.717) is 0 Å². The highest BCUT2D eigenvalue weighted by Gasteiger charge is 2.35. The lowest BCUT2D eigenvalue weighted by molar-refractivity contribution is 0.660. The van der Waals surface area contributed by atoms with Gasteiger partial charge < -0.3 is 4.57 Å². The maximum atomic E-state index is 4.28. The average Bonchev–Trinajstić information content (AvgIpc) is 3.66. The molecule has 0 aliphatic heterocycles. The van der Waals surface area contributed by atoms with Crippen molar-refractivity contribution >= 4 is 21.8 Å². The number of aromatic nitrogens is 2. The summed E-state index contributed by atoms with van der Waals surface area (Å²) >= 11 is 0. The molecule has 0 radical (unpaired) electrons. The summed E-state index contributed by atoms with van der Waals surface area (Å²) in [4.78, 5) is 4.28. The first kappa shape index (κ1) is 30.3. The fourth-order valence-electron chi connectivity index (χ4n) is 8.38. The molecule has 0 unspecified atom stereocenters. The predicted octanol–water partition coefficient (Wildman–Crippen LogP) is 13.2. The van der Waals surface area contributed by atoms with Crippen LogP contribution in [0.4, 0.5) is 0 Å². The van der Waals surface area contributed by atoms with Crippen molar-refractivity contribution in [2.45, 2.75) is 19.3 Å². The molecular formula is C50H36N2. The highest BCUT2D eigenvalue weighted by Crippen LogP contribution is 2.50. The Hall–Kier alpha value is -6.51. The van der Waals surface area contributed by atoms with E-state index >= 15 is 0 Å². The van der Waals surface area contributed by atoms with Crippen LogP contribution in [0.3, 0.4) is 0 Å². The highest BCUT2D eigenvalue weighted by atomic mass is 15.0. The molecule has 0 saturated carbocycles. The molecule has 246 valence electrons. The molecule has 7 aromatic carbocycles. The minimum Gasteiger partial charge on any atom is -0.309 e. The number of hydrogen-bond donors (Lipinski definition) is 0. The highest BCUT2D eigenvalue weighted by molar-refractivity contribution is 6.09. The Bertz CT molecular complexity index is 2730. The Morgan fingerprint density at radius 1 is 0.404 bits per heavy atom. The summed E-state index contributed by atoms with van der Waals surface area (Å²) in [5.41, 5.74) is 18.6. The third-order valence-electron chi connectivity index (χ3n) is 11.1. The summed E-state index contributed by atoms with van der Waals surface area (Å²) in [5.74, 6) is 0. The van der Waals surface area contributed by atoms with Crippen LogP contribution in [0, 0.1) is 0 Å². The molecule has 9 aromatic rings. The molecule has 0 atom stereocenters. The van der Waals surface area contributed by atoms with Crippen molar-refractivity contribution in [2.75, 3.05) is 0 Å². The molecule has 2 nitrogen and oxygen atoms in total. The quantitative estimate of drug-likeness (QED) is 0.179. The molecule has 2 heteroatoms. The Labute approximate surface area is 304 Å². The molecule has 10 rings (SSSR count). The smallest absolute Gasteiger partial charge is 0.0541 e. The van der Waals surface area contributed by atoms with Gasteiger partial charge in [0.1, 0.15) is 0 Å². The number of nitrogens with zero attached hydrogens (tertiary/aromatic N) is 2. The molecule has 1 aliphatic rings. The molecule has 0 N–H and O–H groups in total. The van der Waals surface area contributed by atoms with E-state index in [0.717, 1.165) is 5.56 Å². The maximum absolute atomic E-state index is 4.28. The second kappa shape index (κ2) is 11.8. The molecule has 0 saturated heterocycles. The van der Waals surface area contributed by atoms with Gasteiger partial charge in [-0.2, -0.15) is 0 Å². The van der Waals surface area contributed by atoms with Crippen molar-refractivity contribution in [3.05, 3.63) is 193 Å². The summed E-state index contributed by atoms with van der Waals surface area (Å²) in [5, 5.41) is 2.56. The fourth-order valence-corrected chi connectivity index (χ4v) is 8.38. The lowest BCUT2D eigenvalue weighted by atomic mass is 9.81. The first-order chi connectivity index (χ1) is 25.5. The van der Waals surface area contributed by atoms with Crippen molar-refractivity contribution in [3.63, 3.8) is 0 Å². The van der Waals surface area contributed by atoms with Gasteiger partial charge >= 0.3 is 0 Å². The molecule has 0 fully saturated rings. The molecule has 0 spiro atoms. The van der Waals surface area contributed by atoms with E-state index in [1.807, 2.05) is 18.5 Å². The van der Waals surface area contributed by atoms with Crippen molar-refractivity contribution in [2.24, 2.45) is 0 Å². The van der Waals surface area contributed by atoms with Crippen LogP contribution in [0.5, 0.6) is 0 Å². The molecule has 0 amide bonds. The van der Waals surface area contributed by atoms with E-state index in [2.05, 4.69) is 187 Å². The Kier molecular flexibility index (Phi) is 6.87. The SMILES string of the molecule is CC1(C)c2ccc(-c3ccc(-c4cccc(-n5c6ccccc6c6ccccc65)c4)cc3)cc2-c2ccc(-c3ccc(-c4cccnc4)cc3)cc21. The zero-order valence-electron chi connectivity index (χ0n) is 29.2. The summed E-state index contributed by atoms with van der Waals surface area (Å²) in [6, 6.07) is 62.3. The fraction of sp³-hybridized carbons (Fsp3) is 0.0600. The summed E-state index contributed by atoms with van der Waals surface area (Å²) in [6.07, 6.45) is 3.73. The minimum absolute atomic E-state index is 0.0832. The van der Waals surface area contributed by atoms with E-state index in [1.54, 1.807) is 0 Å². The van der Waals surface area contributed by atoms with Crippen molar-refractivity contribution in [1.29, 1.82) is 0 Å². The summed E-state index contributed by atoms with van der Waals surface area (Å²) in [6.45, 7) is 4.71. The van der Waals surface area contributed by atoms with Gasteiger partial charge in [0.25, 0.3) is 0 Å². The van der Waals surface area contributed by atoms with Crippen LogP contribution in [-0.4, -0.2) is 9.55 Å². The van der Waals surface area contributed by atoms with Crippen LogP contribution in [0.2, 0.25) is 0 Å². The first-order valence-electron chi connectivity index (χ1n) is 18.0. The van der Waals surface area contributed by atoms with Crippen LogP contribution >= 0.6 is 0 Å². The number of pyridine rings is 1. The maximum Gasteiger partial charge on any atom is 0.0541 e. The predicted molar refractivity (Wildman–Crippen MR) is 218 cm³/mol. The van der Waals surface area contributed by atoms with E-state index in [4.69, 9.17) is 0 Å². The van der Waals surface area contributed by atoms with Gasteiger partial charge in [-0.05, 0) is 109 Å². The number of rotatable bonds is 5. The number of fused-ring (bicyclic) bond motifs is 6. The normalized spacial score (nSPS) is 13.0. The zero-order chi connectivity index (χ0) is 34.8. The third-order valence-corrected chi connectivity index (χ3v) is 11.1. The molecule has 2 aromatic heterocycles. The van der Waals surface area contributed by atoms with Gasteiger partial charge in [-0.1, -0.05) is 141 Å². The van der Waals surface area contributed by atoms with Crippen LogP contribution in [0.1, 0.15) is 25.0 Å². The summed E-state index contributed by atoms with van der Waals surface area (Å²) in [7, 11) is 0.